The maximum atomic E-state index is 5.54. The SMILES string of the molecule is CC(C)(CN)n1cccn1. The summed E-state index contributed by atoms with van der Waals surface area (Å²) in [5, 5.41) is 4.10. The lowest BCUT2D eigenvalue weighted by Gasteiger charge is -2.22. The van der Waals surface area contributed by atoms with E-state index in [0.717, 1.165) is 0 Å². The summed E-state index contributed by atoms with van der Waals surface area (Å²) in [6.45, 7) is 4.72. The molecule has 1 aromatic rings. The topological polar surface area (TPSA) is 43.8 Å². The molecule has 0 aromatic carbocycles. The molecule has 0 saturated heterocycles. The molecule has 0 atom stereocenters. The molecule has 3 nitrogen and oxygen atoms in total. The summed E-state index contributed by atoms with van der Waals surface area (Å²) in [7, 11) is 0. The molecule has 1 heterocycles. The fraction of sp³-hybridized carbons (Fsp3) is 0.571. The number of nitrogens with zero attached hydrogens (tertiary/aromatic N) is 2. The Labute approximate surface area is 60.8 Å². The average Bonchev–Trinajstić information content (AvgIpc) is 2.38. The van der Waals surface area contributed by atoms with Gasteiger partial charge in [-0.15, -0.1) is 0 Å². The van der Waals surface area contributed by atoms with Crippen LogP contribution in [0.5, 0.6) is 0 Å². The fourth-order valence-electron chi connectivity index (χ4n) is 0.720. The Balaban J connectivity index is 2.85. The van der Waals surface area contributed by atoms with Crippen LogP contribution >= 0.6 is 0 Å². The van der Waals surface area contributed by atoms with Gasteiger partial charge in [-0.1, -0.05) is 0 Å². The molecule has 0 unspecified atom stereocenters. The molecule has 2 N–H and O–H groups in total. The molecular weight excluding hydrogens is 126 g/mol. The van der Waals surface area contributed by atoms with Gasteiger partial charge in [0, 0.05) is 18.9 Å². The van der Waals surface area contributed by atoms with Crippen molar-refractivity contribution in [1.82, 2.24) is 9.78 Å². The standard InChI is InChI=1S/C7H13N3/c1-7(2,6-8)10-5-3-4-9-10/h3-5H,6,8H2,1-2H3. The van der Waals surface area contributed by atoms with Crippen molar-refractivity contribution >= 4 is 0 Å². The Morgan fingerprint density at radius 2 is 2.30 bits per heavy atom. The molecule has 0 saturated carbocycles. The van der Waals surface area contributed by atoms with Gasteiger partial charge in [0.1, 0.15) is 0 Å². The van der Waals surface area contributed by atoms with Gasteiger partial charge in [0.2, 0.25) is 0 Å². The fourth-order valence-corrected chi connectivity index (χ4v) is 0.720. The molecule has 0 aliphatic carbocycles. The van der Waals surface area contributed by atoms with Crippen LogP contribution < -0.4 is 5.73 Å². The van der Waals surface area contributed by atoms with E-state index in [1.54, 1.807) is 6.20 Å². The van der Waals surface area contributed by atoms with Crippen molar-refractivity contribution in [3.63, 3.8) is 0 Å². The number of rotatable bonds is 2. The molecule has 0 spiro atoms. The Hall–Kier alpha value is -0.830. The van der Waals surface area contributed by atoms with E-state index in [1.807, 2.05) is 16.9 Å². The molecule has 0 aliphatic rings. The zero-order valence-electron chi connectivity index (χ0n) is 6.41. The van der Waals surface area contributed by atoms with Crippen LogP contribution in [0.25, 0.3) is 0 Å². The highest BCUT2D eigenvalue weighted by Gasteiger charge is 2.16. The summed E-state index contributed by atoms with van der Waals surface area (Å²) in [5.74, 6) is 0. The van der Waals surface area contributed by atoms with Crippen LogP contribution in [0.4, 0.5) is 0 Å². The van der Waals surface area contributed by atoms with Crippen LogP contribution in [0.15, 0.2) is 18.5 Å². The van der Waals surface area contributed by atoms with Crippen molar-refractivity contribution in [1.29, 1.82) is 0 Å². The quantitative estimate of drug-likeness (QED) is 0.651. The predicted molar refractivity (Wildman–Crippen MR) is 40.6 cm³/mol. The van der Waals surface area contributed by atoms with Crippen LogP contribution in [0.3, 0.4) is 0 Å². The third-order valence-electron chi connectivity index (χ3n) is 1.62. The average molecular weight is 139 g/mol. The maximum absolute atomic E-state index is 5.54. The van der Waals surface area contributed by atoms with E-state index in [9.17, 15) is 0 Å². The first kappa shape index (κ1) is 7.28. The summed E-state index contributed by atoms with van der Waals surface area (Å²) in [6.07, 6.45) is 3.68. The van der Waals surface area contributed by atoms with Gasteiger partial charge in [-0.3, -0.25) is 4.68 Å². The van der Waals surface area contributed by atoms with Crippen molar-refractivity contribution < 1.29 is 0 Å². The van der Waals surface area contributed by atoms with Crippen molar-refractivity contribution in [2.24, 2.45) is 5.73 Å². The minimum Gasteiger partial charge on any atom is -0.328 e. The number of hydrogen-bond donors (Lipinski definition) is 1. The maximum Gasteiger partial charge on any atom is 0.0693 e. The third-order valence-corrected chi connectivity index (χ3v) is 1.62. The lowest BCUT2D eigenvalue weighted by atomic mass is 10.1. The van der Waals surface area contributed by atoms with Crippen molar-refractivity contribution in [2.75, 3.05) is 6.54 Å². The van der Waals surface area contributed by atoms with Crippen LogP contribution in [-0.4, -0.2) is 16.3 Å². The van der Waals surface area contributed by atoms with E-state index >= 15 is 0 Å². The predicted octanol–water partition coefficient (Wildman–Crippen LogP) is 0.577. The van der Waals surface area contributed by atoms with Gasteiger partial charge in [0.25, 0.3) is 0 Å². The monoisotopic (exact) mass is 139 g/mol. The second-order valence-electron chi connectivity index (χ2n) is 2.97. The minimum absolute atomic E-state index is 0.0521. The molecule has 10 heavy (non-hydrogen) atoms. The lowest BCUT2D eigenvalue weighted by Crippen LogP contribution is -2.35. The minimum atomic E-state index is -0.0521. The molecule has 0 amide bonds. The van der Waals surface area contributed by atoms with Gasteiger partial charge in [-0.05, 0) is 19.9 Å². The van der Waals surface area contributed by atoms with Gasteiger partial charge in [-0.2, -0.15) is 5.10 Å². The summed E-state index contributed by atoms with van der Waals surface area (Å²) in [5.41, 5.74) is 5.48. The summed E-state index contributed by atoms with van der Waals surface area (Å²) in [4.78, 5) is 0. The second-order valence-corrected chi connectivity index (χ2v) is 2.97. The van der Waals surface area contributed by atoms with E-state index in [4.69, 9.17) is 5.73 Å². The first-order valence-corrected chi connectivity index (χ1v) is 3.37. The molecule has 0 fully saturated rings. The van der Waals surface area contributed by atoms with E-state index in [-0.39, 0.29) is 5.54 Å². The number of nitrogens with two attached hydrogens (primary N) is 1. The number of hydrogen-bond acceptors (Lipinski definition) is 2. The molecule has 0 aliphatic heterocycles. The van der Waals surface area contributed by atoms with E-state index in [0.29, 0.717) is 6.54 Å². The number of aromatic nitrogens is 2. The van der Waals surface area contributed by atoms with Gasteiger partial charge in [0.15, 0.2) is 0 Å². The molecule has 0 radical (unpaired) electrons. The van der Waals surface area contributed by atoms with Gasteiger partial charge in [0.05, 0.1) is 5.54 Å². The Morgan fingerprint density at radius 1 is 1.60 bits per heavy atom. The van der Waals surface area contributed by atoms with Crippen LogP contribution in [0.1, 0.15) is 13.8 Å². The normalized spacial score (nSPS) is 11.9. The highest BCUT2D eigenvalue weighted by Crippen LogP contribution is 2.09. The molecule has 1 rings (SSSR count). The van der Waals surface area contributed by atoms with Crippen LogP contribution in [0.2, 0.25) is 0 Å². The Bertz CT molecular complexity index is 189. The van der Waals surface area contributed by atoms with Crippen LogP contribution in [-0.2, 0) is 5.54 Å². The van der Waals surface area contributed by atoms with Gasteiger partial charge < -0.3 is 5.73 Å². The van der Waals surface area contributed by atoms with Crippen molar-refractivity contribution in [3.05, 3.63) is 18.5 Å². The molecule has 3 heteroatoms. The van der Waals surface area contributed by atoms with E-state index in [1.165, 1.54) is 0 Å². The van der Waals surface area contributed by atoms with E-state index < -0.39 is 0 Å². The molecule has 1 aromatic heterocycles. The van der Waals surface area contributed by atoms with E-state index in [2.05, 4.69) is 18.9 Å². The zero-order chi connectivity index (χ0) is 7.61. The van der Waals surface area contributed by atoms with Gasteiger partial charge in [-0.25, -0.2) is 0 Å². The Kier molecular flexibility index (Phi) is 1.76. The Morgan fingerprint density at radius 3 is 2.70 bits per heavy atom. The lowest BCUT2D eigenvalue weighted by molar-refractivity contribution is 0.330. The molecular formula is C7H13N3. The third kappa shape index (κ3) is 1.19. The smallest absolute Gasteiger partial charge is 0.0693 e. The van der Waals surface area contributed by atoms with Gasteiger partial charge >= 0.3 is 0 Å². The van der Waals surface area contributed by atoms with Crippen molar-refractivity contribution in [2.45, 2.75) is 19.4 Å². The first-order chi connectivity index (χ1) is 4.67. The zero-order valence-corrected chi connectivity index (χ0v) is 6.41. The molecule has 0 bridgehead atoms. The molecule has 56 valence electrons. The summed E-state index contributed by atoms with van der Waals surface area (Å²) in [6, 6.07) is 1.90. The highest BCUT2D eigenvalue weighted by atomic mass is 15.3. The highest BCUT2D eigenvalue weighted by molar-refractivity contribution is 4.86. The summed E-state index contributed by atoms with van der Waals surface area (Å²) >= 11 is 0. The van der Waals surface area contributed by atoms with Crippen LogP contribution in [0, 0.1) is 0 Å². The summed E-state index contributed by atoms with van der Waals surface area (Å²) < 4.78 is 1.87. The second kappa shape index (κ2) is 2.42. The first-order valence-electron chi connectivity index (χ1n) is 3.37. The largest absolute Gasteiger partial charge is 0.328 e. The van der Waals surface area contributed by atoms with Crippen molar-refractivity contribution in [3.8, 4) is 0 Å².